The first-order chi connectivity index (χ1) is 9.56. The number of amides is 2. The van der Waals surface area contributed by atoms with E-state index in [4.69, 9.17) is 11.6 Å². The van der Waals surface area contributed by atoms with Crippen molar-refractivity contribution in [1.29, 1.82) is 0 Å². The van der Waals surface area contributed by atoms with Crippen LogP contribution in [-0.4, -0.2) is 25.1 Å². The molecule has 0 spiro atoms. The van der Waals surface area contributed by atoms with Crippen molar-refractivity contribution in [2.75, 3.05) is 29.6 Å². The van der Waals surface area contributed by atoms with Crippen molar-refractivity contribution in [2.45, 2.75) is 0 Å². The van der Waals surface area contributed by atoms with Crippen LogP contribution in [0.1, 0.15) is 0 Å². The summed E-state index contributed by atoms with van der Waals surface area (Å²) in [6.45, 7) is 0. The lowest BCUT2D eigenvalue weighted by atomic mass is 10.2. The van der Waals surface area contributed by atoms with Gasteiger partial charge < -0.3 is 15.5 Å². The van der Waals surface area contributed by atoms with Gasteiger partial charge in [0.1, 0.15) is 0 Å². The van der Waals surface area contributed by atoms with E-state index in [2.05, 4.69) is 15.6 Å². The van der Waals surface area contributed by atoms with Gasteiger partial charge in [0.05, 0.1) is 5.69 Å². The summed E-state index contributed by atoms with van der Waals surface area (Å²) in [4.78, 5) is 17.7. The quantitative estimate of drug-likeness (QED) is 0.851. The maximum atomic E-state index is 11.8. The largest absolute Gasteiger partial charge is 0.378 e. The highest BCUT2D eigenvalue weighted by atomic mass is 35.5. The van der Waals surface area contributed by atoms with E-state index in [0.29, 0.717) is 11.4 Å². The van der Waals surface area contributed by atoms with Crippen molar-refractivity contribution in [2.24, 2.45) is 0 Å². The van der Waals surface area contributed by atoms with Crippen LogP contribution in [0.4, 0.5) is 21.9 Å². The van der Waals surface area contributed by atoms with Crippen molar-refractivity contribution in [1.82, 2.24) is 4.98 Å². The zero-order valence-electron chi connectivity index (χ0n) is 11.2. The van der Waals surface area contributed by atoms with Crippen molar-refractivity contribution >= 4 is 34.7 Å². The minimum atomic E-state index is -0.363. The maximum Gasteiger partial charge on any atom is 0.323 e. The average Bonchev–Trinajstić information content (AvgIpc) is 2.42. The summed E-state index contributed by atoms with van der Waals surface area (Å²) in [5, 5.41) is 5.63. The highest BCUT2D eigenvalue weighted by molar-refractivity contribution is 6.32. The van der Waals surface area contributed by atoms with E-state index in [-0.39, 0.29) is 11.2 Å². The fraction of sp³-hybridized carbons (Fsp3) is 0.143. The normalized spacial score (nSPS) is 9.95. The number of carbonyl (C=O) groups is 1. The minimum Gasteiger partial charge on any atom is -0.378 e. The molecule has 2 amide bonds. The molecule has 2 N–H and O–H groups in total. The Morgan fingerprint density at radius 2 is 1.85 bits per heavy atom. The van der Waals surface area contributed by atoms with Crippen molar-refractivity contribution < 1.29 is 4.79 Å². The molecule has 104 valence electrons. The van der Waals surface area contributed by atoms with Crippen LogP contribution >= 0.6 is 11.6 Å². The summed E-state index contributed by atoms with van der Waals surface area (Å²) in [6.07, 6.45) is 1.56. The molecule has 1 heterocycles. The van der Waals surface area contributed by atoms with Gasteiger partial charge >= 0.3 is 6.03 Å². The van der Waals surface area contributed by atoms with Crippen LogP contribution in [0.2, 0.25) is 5.15 Å². The maximum absolute atomic E-state index is 11.8. The molecule has 2 rings (SSSR count). The SMILES string of the molecule is CN(C)c1ccc(NC(=O)Nc2cccnc2Cl)cc1. The van der Waals surface area contributed by atoms with Crippen LogP contribution in [0, 0.1) is 0 Å². The minimum absolute atomic E-state index is 0.255. The standard InChI is InChI=1S/C14H15ClN4O/c1-19(2)11-7-5-10(6-8-11)17-14(20)18-12-4-3-9-16-13(12)15/h3-9H,1-2H3,(H2,17,18,20). The number of hydrogen-bond donors (Lipinski definition) is 2. The van der Waals surface area contributed by atoms with Gasteiger partial charge in [0.2, 0.25) is 0 Å². The lowest BCUT2D eigenvalue weighted by molar-refractivity contribution is 0.262. The molecule has 2 aromatic rings. The molecule has 1 aromatic heterocycles. The van der Waals surface area contributed by atoms with Gasteiger partial charge in [-0.25, -0.2) is 9.78 Å². The number of nitrogens with zero attached hydrogens (tertiary/aromatic N) is 2. The molecule has 0 aliphatic carbocycles. The predicted molar refractivity (Wildman–Crippen MR) is 82.7 cm³/mol. The van der Waals surface area contributed by atoms with E-state index >= 15 is 0 Å². The lowest BCUT2D eigenvalue weighted by Crippen LogP contribution is -2.19. The van der Waals surface area contributed by atoms with Crippen LogP contribution in [0.15, 0.2) is 42.6 Å². The summed E-state index contributed by atoms with van der Waals surface area (Å²) in [5.41, 5.74) is 2.23. The first-order valence-corrected chi connectivity index (χ1v) is 6.40. The van der Waals surface area contributed by atoms with Gasteiger partial charge in [-0.1, -0.05) is 11.6 Å². The number of rotatable bonds is 3. The second-order valence-electron chi connectivity index (χ2n) is 4.36. The van der Waals surface area contributed by atoms with Gasteiger partial charge in [-0.2, -0.15) is 0 Å². The molecule has 5 nitrogen and oxygen atoms in total. The second kappa shape index (κ2) is 6.25. The van der Waals surface area contributed by atoms with Crippen molar-refractivity contribution in [3.05, 3.63) is 47.7 Å². The van der Waals surface area contributed by atoms with Gasteiger partial charge in [0.25, 0.3) is 0 Å². The van der Waals surface area contributed by atoms with Crippen molar-refractivity contribution in [3.8, 4) is 0 Å². The molecule has 0 aliphatic rings. The Kier molecular flexibility index (Phi) is 4.42. The molecule has 0 radical (unpaired) electrons. The van der Waals surface area contributed by atoms with Gasteiger partial charge in [0.15, 0.2) is 5.15 Å². The zero-order chi connectivity index (χ0) is 14.5. The van der Waals surface area contributed by atoms with Crippen LogP contribution in [-0.2, 0) is 0 Å². The Morgan fingerprint density at radius 1 is 1.15 bits per heavy atom. The van der Waals surface area contributed by atoms with Gasteiger partial charge in [-0.3, -0.25) is 0 Å². The van der Waals surface area contributed by atoms with Crippen LogP contribution < -0.4 is 15.5 Å². The monoisotopic (exact) mass is 290 g/mol. The first-order valence-electron chi connectivity index (χ1n) is 6.02. The van der Waals surface area contributed by atoms with Crippen LogP contribution in [0.25, 0.3) is 0 Å². The number of anilines is 3. The Balaban J connectivity index is 1.99. The van der Waals surface area contributed by atoms with E-state index in [1.54, 1.807) is 18.3 Å². The number of urea groups is 1. The summed E-state index contributed by atoms with van der Waals surface area (Å²) < 4.78 is 0. The smallest absolute Gasteiger partial charge is 0.323 e. The molecule has 1 aromatic carbocycles. The molecule has 0 saturated carbocycles. The van der Waals surface area contributed by atoms with Gasteiger partial charge in [0, 0.05) is 31.7 Å². The van der Waals surface area contributed by atoms with Crippen LogP contribution in [0.5, 0.6) is 0 Å². The highest BCUT2D eigenvalue weighted by Crippen LogP contribution is 2.19. The Labute approximate surface area is 122 Å². The number of hydrogen-bond acceptors (Lipinski definition) is 3. The molecular weight excluding hydrogens is 276 g/mol. The van der Waals surface area contributed by atoms with E-state index in [1.165, 1.54) is 0 Å². The third kappa shape index (κ3) is 3.61. The molecule has 0 atom stereocenters. The fourth-order valence-electron chi connectivity index (χ4n) is 1.61. The second-order valence-corrected chi connectivity index (χ2v) is 4.72. The summed E-state index contributed by atoms with van der Waals surface area (Å²) >= 11 is 5.87. The number of nitrogens with one attached hydrogen (secondary N) is 2. The summed E-state index contributed by atoms with van der Waals surface area (Å²) in [7, 11) is 3.92. The number of halogens is 1. The Bertz CT molecular complexity index is 598. The molecule has 6 heteroatoms. The van der Waals surface area contributed by atoms with Crippen molar-refractivity contribution in [3.63, 3.8) is 0 Å². The molecule has 0 bridgehead atoms. The topological polar surface area (TPSA) is 57.3 Å². The van der Waals surface area contributed by atoms with Gasteiger partial charge in [-0.05, 0) is 36.4 Å². The zero-order valence-corrected chi connectivity index (χ0v) is 12.0. The van der Waals surface area contributed by atoms with E-state index in [1.807, 2.05) is 43.3 Å². The third-order valence-electron chi connectivity index (χ3n) is 2.65. The summed E-state index contributed by atoms with van der Waals surface area (Å²) in [6, 6.07) is 10.5. The molecule has 0 saturated heterocycles. The molecule has 0 fully saturated rings. The van der Waals surface area contributed by atoms with Crippen LogP contribution in [0.3, 0.4) is 0 Å². The summed E-state index contributed by atoms with van der Waals surface area (Å²) in [5.74, 6) is 0. The lowest BCUT2D eigenvalue weighted by Gasteiger charge is -2.13. The first kappa shape index (κ1) is 14.1. The molecule has 0 unspecified atom stereocenters. The van der Waals surface area contributed by atoms with E-state index in [9.17, 15) is 4.79 Å². The molecule has 0 aliphatic heterocycles. The number of benzene rings is 1. The average molecular weight is 291 g/mol. The van der Waals surface area contributed by atoms with Gasteiger partial charge in [-0.15, -0.1) is 0 Å². The van der Waals surface area contributed by atoms with E-state index < -0.39 is 0 Å². The Hall–Kier alpha value is -2.27. The number of carbonyl (C=O) groups excluding carboxylic acids is 1. The Morgan fingerprint density at radius 3 is 2.45 bits per heavy atom. The molecular formula is C14H15ClN4O. The highest BCUT2D eigenvalue weighted by Gasteiger charge is 2.06. The number of pyridine rings is 1. The third-order valence-corrected chi connectivity index (χ3v) is 2.95. The molecule has 20 heavy (non-hydrogen) atoms. The fourth-order valence-corrected chi connectivity index (χ4v) is 1.77. The van der Waals surface area contributed by atoms with E-state index in [0.717, 1.165) is 5.69 Å². The number of aromatic nitrogens is 1. The predicted octanol–water partition coefficient (Wildman–Crippen LogP) is 3.45.